The maximum Gasteiger partial charge on any atom is 0.122 e. The van der Waals surface area contributed by atoms with Crippen LogP contribution in [0.3, 0.4) is 0 Å². The number of hydrogen-bond donors (Lipinski definition) is 1. The Labute approximate surface area is 118 Å². The zero-order chi connectivity index (χ0) is 13.8. The molecule has 0 amide bonds. The van der Waals surface area contributed by atoms with Crippen LogP contribution in [0.4, 0.5) is 0 Å². The lowest BCUT2D eigenvalue weighted by molar-refractivity contribution is 0.256. The lowest BCUT2D eigenvalue weighted by atomic mass is 9.93. The largest absolute Gasteiger partial charge is 0.493 e. The van der Waals surface area contributed by atoms with Crippen molar-refractivity contribution in [3.8, 4) is 5.75 Å². The Kier molecular flexibility index (Phi) is 3.97. The number of aliphatic hydroxyl groups excluding tert-OH is 1. The maximum atomic E-state index is 8.84. The molecule has 5 nitrogen and oxygen atoms in total. The lowest BCUT2D eigenvalue weighted by Crippen LogP contribution is -2.18. The van der Waals surface area contributed by atoms with Crippen LogP contribution in [-0.4, -0.2) is 33.3 Å². The molecule has 20 heavy (non-hydrogen) atoms. The Morgan fingerprint density at radius 2 is 2.25 bits per heavy atom. The Morgan fingerprint density at radius 1 is 1.35 bits per heavy atom. The molecule has 0 saturated heterocycles. The summed E-state index contributed by atoms with van der Waals surface area (Å²) in [6, 6.07) is 8.20. The van der Waals surface area contributed by atoms with Crippen molar-refractivity contribution in [1.29, 1.82) is 0 Å². The highest BCUT2D eigenvalue weighted by Crippen LogP contribution is 2.34. The van der Waals surface area contributed by atoms with Gasteiger partial charge in [0.15, 0.2) is 0 Å². The third-order valence-electron chi connectivity index (χ3n) is 3.67. The van der Waals surface area contributed by atoms with Crippen molar-refractivity contribution in [3.63, 3.8) is 0 Å². The number of aryl methyl sites for hydroxylation is 1. The first-order chi connectivity index (χ1) is 9.86. The second kappa shape index (κ2) is 6.05. The van der Waals surface area contributed by atoms with E-state index in [-0.39, 0.29) is 6.61 Å². The number of ether oxygens (including phenoxy) is 1. The van der Waals surface area contributed by atoms with Gasteiger partial charge in [0.25, 0.3) is 0 Å². The van der Waals surface area contributed by atoms with Crippen LogP contribution in [0, 0.1) is 0 Å². The number of benzene rings is 1. The number of rotatable bonds is 5. The van der Waals surface area contributed by atoms with E-state index in [1.165, 1.54) is 5.56 Å². The molecule has 1 N–H and O–H groups in total. The van der Waals surface area contributed by atoms with Crippen molar-refractivity contribution in [3.05, 3.63) is 41.7 Å². The number of para-hydroxylation sites is 1. The van der Waals surface area contributed by atoms with E-state index in [0.29, 0.717) is 5.92 Å². The molecule has 1 atom stereocenters. The van der Waals surface area contributed by atoms with E-state index in [1.807, 2.05) is 23.0 Å². The minimum Gasteiger partial charge on any atom is -0.493 e. The minimum absolute atomic E-state index is 0.195. The fourth-order valence-corrected chi connectivity index (χ4v) is 2.63. The molecule has 2 heterocycles. The quantitative estimate of drug-likeness (QED) is 0.902. The van der Waals surface area contributed by atoms with Crippen LogP contribution in [0.2, 0.25) is 0 Å². The first-order valence-electron chi connectivity index (χ1n) is 7.08. The molecule has 0 fully saturated rings. The minimum atomic E-state index is 0.195. The van der Waals surface area contributed by atoms with E-state index in [4.69, 9.17) is 9.84 Å². The Morgan fingerprint density at radius 3 is 3.15 bits per heavy atom. The standard InChI is InChI=1S/C15H19N3O2/c19-8-3-4-13-11-18(17-16-13)10-12-7-9-20-15-6-2-1-5-14(12)15/h1-2,5-6,11-12,19H,3-4,7-10H2. The molecular formula is C15H19N3O2. The molecule has 1 unspecified atom stereocenters. The molecule has 3 rings (SSSR count). The number of nitrogens with zero attached hydrogens (tertiary/aromatic N) is 3. The number of hydrogen-bond acceptors (Lipinski definition) is 4. The second-order valence-electron chi connectivity index (χ2n) is 5.13. The summed E-state index contributed by atoms with van der Waals surface area (Å²) in [4.78, 5) is 0. The third-order valence-corrected chi connectivity index (χ3v) is 3.67. The molecule has 0 spiro atoms. The zero-order valence-electron chi connectivity index (χ0n) is 11.4. The van der Waals surface area contributed by atoms with Gasteiger partial charge < -0.3 is 9.84 Å². The predicted octanol–water partition coefficient (Wildman–Crippen LogP) is 1.77. The predicted molar refractivity (Wildman–Crippen MR) is 74.7 cm³/mol. The average Bonchev–Trinajstić information content (AvgIpc) is 2.93. The first kappa shape index (κ1) is 13.1. The highest BCUT2D eigenvalue weighted by Gasteiger charge is 2.21. The molecule has 0 aliphatic carbocycles. The van der Waals surface area contributed by atoms with E-state index in [2.05, 4.69) is 22.4 Å². The van der Waals surface area contributed by atoms with Gasteiger partial charge >= 0.3 is 0 Å². The Balaban J connectivity index is 1.71. The zero-order valence-corrected chi connectivity index (χ0v) is 11.4. The van der Waals surface area contributed by atoms with Crippen LogP contribution in [0.25, 0.3) is 0 Å². The fraction of sp³-hybridized carbons (Fsp3) is 0.467. The van der Waals surface area contributed by atoms with E-state index in [9.17, 15) is 0 Å². The number of aromatic nitrogens is 3. The van der Waals surface area contributed by atoms with Gasteiger partial charge in [-0.25, -0.2) is 0 Å². The van der Waals surface area contributed by atoms with E-state index in [0.717, 1.165) is 43.9 Å². The highest BCUT2D eigenvalue weighted by atomic mass is 16.5. The van der Waals surface area contributed by atoms with E-state index >= 15 is 0 Å². The van der Waals surface area contributed by atoms with Crippen molar-refractivity contribution < 1.29 is 9.84 Å². The van der Waals surface area contributed by atoms with Crippen molar-refractivity contribution in [2.45, 2.75) is 31.7 Å². The van der Waals surface area contributed by atoms with Crippen LogP contribution in [0.1, 0.15) is 30.0 Å². The van der Waals surface area contributed by atoms with Gasteiger partial charge in [-0.3, -0.25) is 4.68 Å². The van der Waals surface area contributed by atoms with Gasteiger partial charge in [0, 0.05) is 25.3 Å². The van der Waals surface area contributed by atoms with Crippen molar-refractivity contribution in [2.24, 2.45) is 0 Å². The summed E-state index contributed by atoms with van der Waals surface area (Å²) in [5.74, 6) is 1.41. The van der Waals surface area contributed by atoms with Crippen molar-refractivity contribution >= 4 is 0 Å². The van der Waals surface area contributed by atoms with Gasteiger partial charge in [0.05, 0.1) is 12.3 Å². The van der Waals surface area contributed by atoms with Crippen LogP contribution >= 0.6 is 0 Å². The molecule has 5 heteroatoms. The number of aliphatic hydroxyl groups is 1. The molecule has 1 aliphatic heterocycles. The second-order valence-corrected chi connectivity index (χ2v) is 5.13. The monoisotopic (exact) mass is 273 g/mol. The molecular weight excluding hydrogens is 254 g/mol. The van der Waals surface area contributed by atoms with Crippen LogP contribution in [0.5, 0.6) is 5.75 Å². The SMILES string of the molecule is OCCCc1cn(CC2CCOc3ccccc32)nn1. The van der Waals surface area contributed by atoms with Crippen LogP contribution in [0.15, 0.2) is 30.5 Å². The summed E-state index contributed by atoms with van der Waals surface area (Å²) < 4.78 is 7.58. The molecule has 106 valence electrons. The van der Waals surface area contributed by atoms with Crippen molar-refractivity contribution in [1.82, 2.24) is 15.0 Å². The van der Waals surface area contributed by atoms with Gasteiger partial charge in [-0.1, -0.05) is 23.4 Å². The first-order valence-corrected chi connectivity index (χ1v) is 7.08. The smallest absolute Gasteiger partial charge is 0.122 e. The van der Waals surface area contributed by atoms with Gasteiger partial charge in [-0.2, -0.15) is 0 Å². The third kappa shape index (κ3) is 2.82. The van der Waals surface area contributed by atoms with Gasteiger partial charge in [0.1, 0.15) is 5.75 Å². The lowest BCUT2D eigenvalue weighted by Gasteiger charge is -2.25. The summed E-state index contributed by atoms with van der Waals surface area (Å²) in [7, 11) is 0. The summed E-state index contributed by atoms with van der Waals surface area (Å²) in [6.07, 6.45) is 4.50. The molecule has 1 aromatic heterocycles. The highest BCUT2D eigenvalue weighted by molar-refractivity contribution is 5.37. The molecule has 2 aromatic rings. The van der Waals surface area contributed by atoms with Gasteiger partial charge in [0.2, 0.25) is 0 Å². The Hall–Kier alpha value is -1.88. The molecule has 1 aromatic carbocycles. The summed E-state index contributed by atoms with van der Waals surface area (Å²) in [5, 5.41) is 17.2. The average molecular weight is 273 g/mol. The number of fused-ring (bicyclic) bond motifs is 1. The molecule has 0 bridgehead atoms. The molecule has 1 aliphatic rings. The Bertz CT molecular complexity index is 568. The summed E-state index contributed by atoms with van der Waals surface area (Å²) in [6.45, 7) is 1.78. The summed E-state index contributed by atoms with van der Waals surface area (Å²) >= 11 is 0. The van der Waals surface area contributed by atoms with E-state index < -0.39 is 0 Å². The topological polar surface area (TPSA) is 60.2 Å². The van der Waals surface area contributed by atoms with Crippen LogP contribution < -0.4 is 4.74 Å². The fourth-order valence-electron chi connectivity index (χ4n) is 2.63. The molecule has 0 radical (unpaired) electrons. The van der Waals surface area contributed by atoms with Crippen molar-refractivity contribution in [2.75, 3.05) is 13.2 Å². The van der Waals surface area contributed by atoms with Crippen LogP contribution in [-0.2, 0) is 13.0 Å². The van der Waals surface area contributed by atoms with Gasteiger partial charge in [-0.15, -0.1) is 5.10 Å². The normalized spacial score (nSPS) is 17.6. The maximum absolute atomic E-state index is 8.84. The van der Waals surface area contributed by atoms with E-state index in [1.54, 1.807) is 0 Å². The molecule has 0 saturated carbocycles. The summed E-state index contributed by atoms with van der Waals surface area (Å²) in [5.41, 5.74) is 2.20. The van der Waals surface area contributed by atoms with Gasteiger partial charge in [-0.05, 0) is 30.9 Å².